The molecular weight excluding hydrogens is 239 g/mol. The Morgan fingerprint density at radius 3 is 2.83 bits per heavy atom. The Bertz CT molecular complexity index is 399. The number of nitro benzene ring substituents is 1. The van der Waals surface area contributed by atoms with E-state index in [0.29, 0.717) is 25.4 Å². The van der Waals surface area contributed by atoms with Crippen LogP contribution in [0.2, 0.25) is 0 Å². The van der Waals surface area contributed by atoms with Crippen LogP contribution in [-0.4, -0.2) is 24.7 Å². The lowest BCUT2D eigenvalue weighted by Gasteiger charge is -2.07. The van der Waals surface area contributed by atoms with Gasteiger partial charge in [0, 0.05) is 24.9 Å². The molecule has 0 spiro atoms. The Labute approximate surface area is 105 Å². The quantitative estimate of drug-likeness (QED) is 0.441. The molecular formula is C12H17FN2O3. The smallest absolute Gasteiger partial charge is 0.274 e. The molecule has 1 aromatic carbocycles. The first-order valence-electron chi connectivity index (χ1n) is 5.90. The van der Waals surface area contributed by atoms with Crippen molar-refractivity contribution in [3.8, 4) is 0 Å². The first-order chi connectivity index (χ1) is 8.63. The molecule has 1 rings (SSSR count). The van der Waals surface area contributed by atoms with Gasteiger partial charge in [0.25, 0.3) is 5.69 Å². The molecule has 5 nitrogen and oxygen atoms in total. The van der Waals surface area contributed by atoms with Crippen molar-refractivity contribution >= 4 is 11.4 Å². The number of ether oxygens (including phenoxy) is 1. The van der Waals surface area contributed by atoms with Crippen molar-refractivity contribution in [2.75, 3.05) is 25.1 Å². The predicted octanol–water partition coefficient (Wildman–Crippen LogP) is 2.96. The lowest BCUT2D eigenvalue weighted by atomic mass is 10.2. The number of halogens is 1. The van der Waals surface area contributed by atoms with Gasteiger partial charge < -0.3 is 10.1 Å². The monoisotopic (exact) mass is 256 g/mol. The number of anilines is 1. The maximum absolute atomic E-state index is 13.1. The zero-order valence-electron chi connectivity index (χ0n) is 10.3. The third-order valence-electron chi connectivity index (χ3n) is 2.31. The maximum Gasteiger partial charge on any atom is 0.274 e. The highest BCUT2D eigenvalue weighted by atomic mass is 19.1. The van der Waals surface area contributed by atoms with E-state index in [4.69, 9.17) is 4.74 Å². The van der Waals surface area contributed by atoms with E-state index in [0.717, 1.165) is 18.9 Å². The van der Waals surface area contributed by atoms with E-state index in [-0.39, 0.29) is 5.69 Å². The minimum Gasteiger partial charge on any atom is -0.382 e. The van der Waals surface area contributed by atoms with Crippen molar-refractivity contribution in [2.45, 2.75) is 19.8 Å². The number of nitrogens with zero attached hydrogens (tertiary/aromatic N) is 1. The number of rotatable bonds is 8. The lowest BCUT2D eigenvalue weighted by molar-refractivity contribution is -0.385. The zero-order chi connectivity index (χ0) is 13.4. The molecule has 0 aliphatic carbocycles. The summed E-state index contributed by atoms with van der Waals surface area (Å²) in [6.45, 7) is 3.75. The molecule has 0 saturated heterocycles. The van der Waals surface area contributed by atoms with Crippen LogP contribution >= 0.6 is 0 Å². The molecule has 0 saturated carbocycles. The van der Waals surface area contributed by atoms with E-state index in [2.05, 4.69) is 12.2 Å². The van der Waals surface area contributed by atoms with Gasteiger partial charge in [-0.05, 0) is 12.5 Å². The lowest BCUT2D eigenvalue weighted by Crippen LogP contribution is -2.10. The second-order valence-electron chi connectivity index (χ2n) is 3.85. The summed E-state index contributed by atoms with van der Waals surface area (Å²) in [7, 11) is 0. The van der Waals surface area contributed by atoms with Crippen LogP contribution in [0.25, 0.3) is 0 Å². The molecule has 6 heteroatoms. The topological polar surface area (TPSA) is 64.4 Å². The third-order valence-corrected chi connectivity index (χ3v) is 2.31. The van der Waals surface area contributed by atoms with Crippen molar-refractivity contribution in [3.05, 3.63) is 34.1 Å². The molecule has 18 heavy (non-hydrogen) atoms. The van der Waals surface area contributed by atoms with E-state index in [1.807, 2.05) is 0 Å². The maximum atomic E-state index is 13.1. The fraction of sp³-hybridized carbons (Fsp3) is 0.500. The van der Waals surface area contributed by atoms with Gasteiger partial charge in [-0.15, -0.1) is 0 Å². The summed E-state index contributed by atoms with van der Waals surface area (Å²) in [6.07, 6.45) is 2.08. The van der Waals surface area contributed by atoms with Gasteiger partial charge >= 0.3 is 0 Å². The number of hydrogen-bond donors (Lipinski definition) is 1. The number of unbranched alkanes of at least 4 members (excludes halogenated alkanes) is 1. The van der Waals surface area contributed by atoms with Crippen LogP contribution in [0.4, 0.5) is 15.8 Å². The molecule has 0 fully saturated rings. The van der Waals surface area contributed by atoms with E-state index < -0.39 is 10.7 Å². The van der Waals surface area contributed by atoms with Crippen molar-refractivity contribution in [1.29, 1.82) is 0 Å². The first kappa shape index (κ1) is 14.4. The highest BCUT2D eigenvalue weighted by Gasteiger charge is 2.09. The molecule has 0 radical (unpaired) electrons. The fourth-order valence-corrected chi connectivity index (χ4v) is 1.40. The molecule has 0 aromatic heterocycles. The first-order valence-corrected chi connectivity index (χ1v) is 5.90. The Morgan fingerprint density at radius 2 is 2.17 bits per heavy atom. The largest absolute Gasteiger partial charge is 0.382 e. The third kappa shape index (κ3) is 5.09. The van der Waals surface area contributed by atoms with Crippen LogP contribution in [0.5, 0.6) is 0 Å². The van der Waals surface area contributed by atoms with Gasteiger partial charge in [-0.25, -0.2) is 4.39 Å². The Kier molecular flexibility index (Phi) is 6.07. The molecule has 1 N–H and O–H groups in total. The standard InChI is InChI=1S/C12H17FN2O3/c1-2-3-5-18-6-4-14-11-7-10(13)8-12(9-11)15(16)17/h7-9,14H,2-6H2,1H3. The number of nitro groups is 1. The van der Waals surface area contributed by atoms with Gasteiger partial charge in [-0.2, -0.15) is 0 Å². The van der Waals surface area contributed by atoms with Crippen molar-refractivity contribution in [3.63, 3.8) is 0 Å². The van der Waals surface area contributed by atoms with Gasteiger partial charge in [0.15, 0.2) is 0 Å². The van der Waals surface area contributed by atoms with Gasteiger partial charge in [0.05, 0.1) is 17.6 Å². The van der Waals surface area contributed by atoms with Crippen molar-refractivity contribution < 1.29 is 14.1 Å². The van der Waals surface area contributed by atoms with Gasteiger partial charge in [0.2, 0.25) is 0 Å². The van der Waals surface area contributed by atoms with E-state index >= 15 is 0 Å². The Hall–Kier alpha value is -1.69. The summed E-state index contributed by atoms with van der Waals surface area (Å²) < 4.78 is 18.4. The highest BCUT2D eigenvalue weighted by Crippen LogP contribution is 2.19. The van der Waals surface area contributed by atoms with E-state index in [1.54, 1.807) is 0 Å². The molecule has 0 amide bonds. The Morgan fingerprint density at radius 1 is 1.39 bits per heavy atom. The average molecular weight is 256 g/mol. The van der Waals surface area contributed by atoms with E-state index in [9.17, 15) is 14.5 Å². The van der Waals surface area contributed by atoms with Gasteiger partial charge in [-0.3, -0.25) is 10.1 Å². The molecule has 0 unspecified atom stereocenters. The van der Waals surface area contributed by atoms with Crippen LogP contribution < -0.4 is 5.32 Å². The molecule has 0 heterocycles. The Balaban J connectivity index is 2.40. The molecule has 1 aromatic rings. The summed E-state index contributed by atoms with van der Waals surface area (Å²) in [6, 6.07) is 3.41. The molecule has 0 aliphatic rings. The zero-order valence-corrected chi connectivity index (χ0v) is 10.3. The molecule has 100 valence electrons. The second kappa shape index (κ2) is 7.60. The van der Waals surface area contributed by atoms with Crippen molar-refractivity contribution in [1.82, 2.24) is 0 Å². The van der Waals surface area contributed by atoms with Crippen LogP contribution in [-0.2, 0) is 4.74 Å². The molecule has 0 atom stereocenters. The molecule has 0 bridgehead atoms. The van der Waals surface area contributed by atoms with Crippen LogP contribution in [0.3, 0.4) is 0 Å². The van der Waals surface area contributed by atoms with Crippen LogP contribution in [0, 0.1) is 15.9 Å². The summed E-state index contributed by atoms with van der Waals surface area (Å²) >= 11 is 0. The minimum atomic E-state index is -0.626. The average Bonchev–Trinajstić information content (AvgIpc) is 2.33. The minimum absolute atomic E-state index is 0.260. The summed E-state index contributed by atoms with van der Waals surface area (Å²) in [4.78, 5) is 9.92. The summed E-state index contributed by atoms with van der Waals surface area (Å²) in [5.41, 5.74) is 0.130. The molecule has 0 aliphatic heterocycles. The fourth-order valence-electron chi connectivity index (χ4n) is 1.40. The predicted molar refractivity (Wildman–Crippen MR) is 67.3 cm³/mol. The number of hydrogen-bond acceptors (Lipinski definition) is 4. The second-order valence-corrected chi connectivity index (χ2v) is 3.85. The van der Waals surface area contributed by atoms with E-state index in [1.165, 1.54) is 12.1 Å². The number of nitrogens with one attached hydrogen (secondary N) is 1. The van der Waals surface area contributed by atoms with Crippen molar-refractivity contribution in [2.24, 2.45) is 0 Å². The summed E-state index contributed by atoms with van der Waals surface area (Å²) in [5.74, 6) is -0.626. The van der Waals surface area contributed by atoms with Gasteiger partial charge in [-0.1, -0.05) is 13.3 Å². The van der Waals surface area contributed by atoms with Crippen LogP contribution in [0.15, 0.2) is 18.2 Å². The summed E-state index contributed by atoms with van der Waals surface area (Å²) in [5, 5.41) is 13.4. The number of benzene rings is 1. The SMILES string of the molecule is CCCCOCCNc1cc(F)cc([N+](=O)[O-])c1. The van der Waals surface area contributed by atoms with Crippen LogP contribution in [0.1, 0.15) is 19.8 Å². The van der Waals surface area contributed by atoms with Gasteiger partial charge in [0.1, 0.15) is 5.82 Å². The highest BCUT2D eigenvalue weighted by molar-refractivity contribution is 5.51. The number of non-ortho nitro benzene ring substituents is 1. The normalized spacial score (nSPS) is 10.3.